The topological polar surface area (TPSA) is 128 Å². The Balaban J connectivity index is 1.61. The first-order chi connectivity index (χ1) is 18.8. The van der Waals surface area contributed by atoms with Crippen molar-refractivity contribution in [2.24, 2.45) is 0 Å². The first-order valence-electron chi connectivity index (χ1n) is 12.9. The van der Waals surface area contributed by atoms with Crippen LogP contribution >= 0.6 is 11.6 Å². The van der Waals surface area contributed by atoms with Gasteiger partial charge in [-0.15, -0.1) is 0 Å². The average molecular weight is 557 g/mol. The third-order valence-electron chi connectivity index (χ3n) is 6.61. The summed E-state index contributed by atoms with van der Waals surface area (Å²) < 4.78 is 11.7. The number of hydrogen-bond acceptors (Lipinski definition) is 8. The van der Waals surface area contributed by atoms with Crippen molar-refractivity contribution in [2.45, 2.75) is 45.3 Å². The number of fused-ring (bicyclic) bond motifs is 1. The molecule has 1 aliphatic rings. The molecule has 12 heteroatoms. The van der Waals surface area contributed by atoms with Crippen molar-refractivity contribution in [3.63, 3.8) is 0 Å². The quantitative estimate of drug-likeness (QED) is 0.288. The van der Waals surface area contributed by atoms with Gasteiger partial charge in [0.15, 0.2) is 0 Å². The monoisotopic (exact) mass is 556 g/mol. The normalized spacial score (nSPS) is 14.5. The number of ether oxygens (including phenoxy) is 2. The molecule has 0 unspecified atom stereocenters. The predicted octanol–water partition coefficient (Wildman–Crippen LogP) is 3.13. The zero-order chi connectivity index (χ0) is 27.9. The second kappa shape index (κ2) is 13.0. The summed E-state index contributed by atoms with van der Waals surface area (Å²) in [5.74, 6) is -1.07. The molecule has 4 rings (SSSR count). The first-order valence-corrected chi connectivity index (χ1v) is 13.3. The second-order valence-corrected chi connectivity index (χ2v) is 10.0. The molecule has 2 aromatic heterocycles. The van der Waals surface area contributed by atoms with Gasteiger partial charge in [-0.05, 0) is 51.0 Å². The minimum Gasteiger partial charge on any atom is -0.460 e. The first kappa shape index (κ1) is 28.5. The molecule has 1 fully saturated rings. The summed E-state index contributed by atoms with van der Waals surface area (Å²) in [6, 6.07) is 8.57. The second-order valence-electron chi connectivity index (χ2n) is 9.61. The van der Waals surface area contributed by atoms with Gasteiger partial charge in [-0.3, -0.25) is 9.59 Å². The number of pyridine rings is 1. The van der Waals surface area contributed by atoms with Crippen LogP contribution < -0.4 is 10.6 Å². The molecular weight excluding hydrogens is 524 g/mol. The molecule has 0 bridgehead atoms. The number of piperidine rings is 1. The zero-order valence-electron chi connectivity index (χ0n) is 22.3. The number of benzene rings is 1. The summed E-state index contributed by atoms with van der Waals surface area (Å²) in [6.07, 6.45) is 3.04. The van der Waals surface area contributed by atoms with Crippen LogP contribution in [0, 0.1) is 0 Å². The largest absolute Gasteiger partial charge is 0.460 e. The van der Waals surface area contributed by atoms with E-state index in [2.05, 4.69) is 39.3 Å². The highest BCUT2D eigenvalue weighted by Gasteiger charge is 2.27. The Morgan fingerprint density at radius 3 is 2.56 bits per heavy atom. The number of aromatic nitrogens is 3. The molecule has 208 valence electrons. The third kappa shape index (κ3) is 7.11. The van der Waals surface area contributed by atoms with Crippen LogP contribution in [0.1, 0.15) is 47.7 Å². The maximum atomic E-state index is 13.5. The maximum absolute atomic E-state index is 13.5. The number of methoxy groups -OCH3 is 1. The lowest BCUT2D eigenvalue weighted by molar-refractivity contribution is -0.116. The molecule has 0 spiro atoms. The number of anilines is 1. The molecule has 2 amide bonds. The number of amides is 2. The van der Waals surface area contributed by atoms with Crippen LogP contribution in [0.4, 0.5) is 5.82 Å². The van der Waals surface area contributed by atoms with Gasteiger partial charge in [-0.1, -0.05) is 17.7 Å². The summed E-state index contributed by atoms with van der Waals surface area (Å²) in [7, 11) is 1.51. The van der Waals surface area contributed by atoms with Crippen molar-refractivity contribution >= 4 is 46.2 Å². The lowest BCUT2D eigenvalue weighted by Gasteiger charge is -2.34. The Labute approximate surface area is 231 Å². The molecule has 2 N–H and O–H groups in total. The van der Waals surface area contributed by atoms with Crippen molar-refractivity contribution < 1.29 is 23.9 Å². The average Bonchev–Trinajstić information content (AvgIpc) is 3.28. The van der Waals surface area contributed by atoms with E-state index >= 15 is 0 Å². The van der Waals surface area contributed by atoms with Gasteiger partial charge in [0.05, 0.1) is 22.7 Å². The van der Waals surface area contributed by atoms with Gasteiger partial charge >= 0.3 is 5.97 Å². The fourth-order valence-corrected chi connectivity index (χ4v) is 4.64. The number of carbonyl (C=O) groups excluding carboxylic acids is 3. The van der Waals surface area contributed by atoms with E-state index in [9.17, 15) is 14.4 Å². The van der Waals surface area contributed by atoms with Crippen LogP contribution in [0.15, 0.2) is 36.5 Å². The standard InChI is InChI=1S/C27H33ClN6O5/c1-17(2)33-11-9-19(10-12-33)30-26(36)25-32-24-20(27(37)39-14-13-38-3)5-4-6-21(24)34(25)16-23(35)31-22-8-7-18(28)15-29-22/h4-8,15,17,19H,9-14,16H2,1-3H3,(H,30,36)(H,29,31,35). The lowest BCUT2D eigenvalue weighted by Crippen LogP contribution is -2.47. The van der Waals surface area contributed by atoms with Crippen LogP contribution in [0.2, 0.25) is 5.02 Å². The Bertz CT molecular complexity index is 1320. The number of imidazole rings is 1. The number of esters is 1. The number of halogens is 1. The van der Waals surface area contributed by atoms with Crippen LogP contribution in [0.3, 0.4) is 0 Å². The highest BCUT2D eigenvalue weighted by atomic mass is 35.5. The van der Waals surface area contributed by atoms with Gasteiger partial charge < -0.3 is 29.6 Å². The van der Waals surface area contributed by atoms with Gasteiger partial charge in [0.2, 0.25) is 11.7 Å². The maximum Gasteiger partial charge on any atom is 0.340 e. The van der Waals surface area contributed by atoms with Crippen molar-refractivity contribution in [2.75, 3.05) is 38.7 Å². The molecule has 0 saturated carbocycles. The van der Waals surface area contributed by atoms with Crippen LogP contribution in [0.5, 0.6) is 0 Å². The van der Waals surface area contributed by atoms with Gasteiger partial charge in [0.1, 0.15) is 24.5 Å². The highest BCUT2D eigenvalue weighted by molar-refractivity contribution is 6.30. The number of rotatable bonds is 10. The molecule has 0 radical (unpaired) electrons. The Kier molecular flexibility index (Phi) is 9.50. The van der Waals surface area contributed by atoms with E-state index in [1.54, 1.807) is 30.3 Å². The van der Waals surface area contributed by atoms with E-state index in [0.29, 0.717) is 22.4 Å². The molecule has 3 aromatic rings. The van der Waals surface area contributed by atoms with Crippen molar-refractivity contribution in [1.82, 2.24) is 24.8 Å². The van der Waals surface area contributed by atoms with Gasteiger partial charge in [-0.2, -0.15) is 0 Å². The smallest absolute Gasteiger partial charge is 0.340 e. The molecule has 3 heterocycles. The fraction of sp³-hybridized carbons (Fsp3) is 0.444. The summed E-state index contributed by atoms with van der Waals surface area (Å²) in [6.45, 7) is 6.18. The molecular formula is C27H33ClN6O5. The lowest BCUT2D eigenvalue weighted by atomic mass is 10.0. The van der Waals surface area contributed by atoms with Crippen LogP contribution in [-0.4, -0.2) is 82.7 Å². The van der Waals surface area contributed by atoms with E-state index in [-0.39, 0.29) is 42.7 Å². The number of hydrogen-bond donors (Lipinski definition) is 2. The molecule has 1 saturated heterocycles. The number of para-hydroxylation sites is 1. The minimum atomic E-state index is -0.592. The van der Waals surface area contributed by atoms with Crippen LogP contribution in [-0.2, 0) is 20.8 Å². The van der Waals surface area contributed by atoms with E-state index < -0.39 is 17.8 Å². The number of nitrogens with one attached hydrogen (secondary N) is 2. The minimum absolute atomic E-state index is 0.0219. The number of likely N-dealkylation sites (tertiary alicyclic amines) is 1. The van der Waals surface area contributed by atoms with Crippen molar-refractivity contribution in [3.8, 4) is 0 Å². The van der Waals surface area contributed by atoms with Gasteiger partial charge in [0, 0.05) is 38.5 Å². The van der Waals surface area contributed by atoms with Crippen LogP contribution in [0.25, 0.3) is 11.0 Å². The van der Waals surface area contributed by atoms with Crippen molar-refractivity contribution in [3.05, 3.63) is 52.9 Å². The zero-order valence-corrected chi connectivity index (χ0v) is 23.0. The molecule has 11 nitrogen and oxygen atoms in total. The summed E-state index contributed by atoms with van der Waals surface area (Å²) >= 11 is 5.89. The highest BCUT2D eigenvalue weighted by Crippen LogP contribution is 2.23. The molecule has 1 aliphatic heterocycles. The van der Waals surface area contributed by atoms with E-state index in [0.717, 1.165) is 25.9 Å². The van der Waals surface area contributed by atoms with Gasteiger partial charge in [0.25, 0.3) is 5.91 Å². The van der Waals surface area contributed by atoms with Crippen molar-refractivity contribution in [1.29, 1.82) is 0 Å². The predicted molar refractivity (Wildman–Crippen MR) is 147 cm³/mol. The number of nitrogens with zero attached hydrogens (tertiary/aromatic N) is 4. The molecule has 39 heavy (non-hydrogen) atoms. The fourth-order valence-electron chi connectivity index (χ4n) is 4.53. The Morgan fingerprint density at radius 2 is 1.90 bits per heavy atom. The Hall–Kier alpha value is -3.54. The third-order valence-corrected chi connectivity index (χ3v) is 6.84. The summed E-state index contributed by atoms with van der Waals surface area (Å²) in [5, 5.41) is 6.22. The van der Waals surface area contributed by atoms with E-state index in [1.165, 1.54) is 17.9 Å². The molecule has 0 aliphatic carbocycles. The molecule has 0 atom stereocenters. The van der Waals surface area contributed by atoms with E-state index in [4.69, 9.17) is 21.1 Å². The summed E-state index contributed by atoms with van der Waals surface area (Å²) in [4.78, 5) is 50.3. The summed E-state index contributed by atoms with van der Waals surface area (Å²) in [5.41, 5.74) is 0.925. The number of carbonyl (C=O) groups is 3. The Morgan fingerprint density at radius 1 is 1.13 bits per heavy atom. The van der Waals surface area contributed by atoms with E-state index in [1.807, 2.05) is 0 Å². The molecule has 1 aromatic carbocycles. The van der Waals surface area contributed by atoms with Gasteiger partial charge in [-0.25, -0.2) is 14.8 Å². The SMILES string of the molecule is COCCOC(=O)c1cccc2c1nc(C(=O)NC1CCN(C(C)C)CC1)n2CC(=O)Nc1ccc(Cl)cn1.